The van der Waals surface area contributed by atoms with Crippen molar-refractivity contribution in [3.8, 4) is 5.69 Å². The molecule has 1 fully saturated rings. The lowest BCUT2D eigenvalue weighted by molar-refractivity contribution is -0.142. The van der Waals surface area contributed by atoms with E-state index >= 15 is 0 Å². The molecule has 25 heavy (non-hydrogen) atoms. The van der Waals surface area contributed by atoms with Crippen molar-refractivity contribution in [2.75, 3.05) is 6.54 Å². The van der Waals surface area contributed by atoms with Gasteiger partial charge in [0.1, 0.15) is 11.5 Å². The average molecular weight is 383 g/mol. The Bertz CT molecular complexity index is 832. The van der Waals surface area contributed by atoms with Gasteiger partial charge in [-0.25, -0.2) is 9.67 Å². The summed E-state index contributed by atoms with van der Waals surface area (Å²) in [6.07, 6.45) is 0.415. The molecule has 1 amide bonds. The Kier molecular flexibility index (Phi) is 4.71. The van der Waals surface area contributed by atoms with Crippen molar-refractivity contribution in [1.29, 1.82) is 0 Å². The zero-order valence-corrected chi connectivity index (χ0v) is 15.1. The maximum absolute atomic E-state index is 12.7. The van der Waals surface area contributed by atoms with Crippen LogP contribution in [0.25, 0.3) is 5.69 Å². The molecule has 2 unspecified atom stereocenters. The molecule has 1 aliphatic rings. The number of aryl methyl sites for hydroxylation is 1. The van der Waals surface area contributed by atoms with Crippen molar-refractivity contribution in [3.63, 3.8) is 0 Å². The fourth-order valence-corrected chi connectivity index (χ4v) is 3.63. The van der Waals surface area contributed by atoms with Crippen molar-refractivity contribution in [3.05, 3.63) is 39.9 Å². The molecule has 2 atom stereocenters. The first-order valence-corrected chi connectivity index (χ1v) is 8.48. The number of rotatable bonds is 3. The zero-order valence-electron chi connectivity index (χ0n) is 13.6. The molecular formula is C16H16Cl2N4O3. The van der Waals surface area contributed by atoms with Crippen LogP contribution in [0.15, 0.2) is 18.2 Å². The normalized spacial score (nSPS) is 20.1. The minimum Gasteiger partial charge on any atom is -0.481 e. The number of hydrogen-bond acceptors (Lipinski definition) is 4. The molecule has 0 spiro atoms. The number of carbonyl (C=O) groups excluding carboxylic acids is 1. The summed E-state index contributed by atoms with van der Waals surface area (Å²) in [7, 11) is 0. The first-order valence-electron chi connectivity index (χ1n) is 7.73. The van der Waals surface area contributed by atoms with Crippen LogP contribution >= 0.6 is 23.2 Å². The molecule has 9 heteroatoms. The summed E-state index contributed by atoms with van der Waals surface area (Å²) in [5, 5.41) is 14.2. The lowest BCUT2D eigenvalue weighted by atomic mass is 10.0. The van der Waals surface area contributed by atoms with Crippen LogP contribution in [-0.2, 0) is 4.79 Å². The Morgan fingerprint density at radius 1 is 1.28 bits per heavy atom. The summed E-state index contributed by atoms with van der Waals surface area (Å²) in [6.45, 7) is 3.77. The molecule has 1 saturated heterocycles. The molecule has 1 aliphatic heterocycles. The van der Waals surface area contributed by atoms with Crippen LogP contribution in [0.5, 0.6) is 0 Å². The highest BCUT2D eigenvalue weighted by atomic mass is 35.5. The second kappa shape index (κ2) is 6.65. The third-order valence-corrected chi connectivity index (χ3v) is 5.05. The van der Waals surface area contributed by atoms with E-state index < -0.39 is 23.8 Å². The molecule has 3 rings (SSSR count). The standard InChI is InChI=1S/C16H16Cl2N4O3/c1-8-10(16(24)25)6-7-21(8)15(23)14-19-9(2)22(20-14)13-11(17)4-3-5-12(13)18/h3-5,8,10H,6-7H2,1-2H3,(H,24,25). The molecular weight excluding hydrogens is 367 g/mol. The van der Waals surface area contributed by atoms with Crippen molar-refractivity contribution in [2.24, 2.45) is 5.92 Å². The van der Waals surface area contributed by atoms with Gasteiger partial charge in [0, 0.05) is 12.6 Å². The summed E-state index contributed by atoms with van der Waals surface area (Å²) < 4.78 is 1.42. The number of aliphatic carboxylic acids is 1. The monoisotopic (exact) mass is 382 g/mol. The second-order valence-electron chi connectivity index (χ2n) is 5.94. The van der Waals surface area contributed by atoms with Crippen LogP contribution in [-0.4, -0.2) is 49.2 Å². The van der Waals surface area contributed by atoms with Crippen molar-refractivity contribution in [1.82, 2.24) is 19.7 Å². The predicted molar refractivity (Wildman–Crippen MR) is 92.4 cm³/mol. The number of para-hydroxylation sites is 1. The highest BCUT2D eigenvalue weighted by molar-refractivity contribution is 6.37. The van der Waals surface area contributed by atoms with Gasteiger partial charge in [0.2, 0.25) is 5.82 Å². The largest absolute Gasteiger partial charge is 0.481 e. The van der Waals surface area contributed by atoms with Crippen LogP contribution in [0.3, 0.4) is 0 Å². The Hall–Kier alpha value is -2.12. The van der Waals surface area contributed by atoms with E-state index in [4.69, 9.17) is 23.2 Å². The lowest BCUT2D eigenvalue weighted by Gasteiger charge is -2.21. The van der Waals surface area contributed by atoms with E-state index in [1.165, 1.54) is 9.58 Å². The number of benzene rings is 1. The SMILES string of the molecule is Cc1nc(C(=O)N2CCC(C(=O)O)C2C)nn1-c1c(Cl)cccc1Cl. The van der Waals surface area contributed by atoms with Crippen molar-refractivity contribution in [2.45, 2.75) is 26.3 Å². The van der Waals surface area contributed by atoms with Crippen LogP contribution in [0.2, 0.25) is 10.0 Å². The van der Waals surface area contributed by atoms with Crippen molar-refractivity contribution >= 4 is 35.1 Å². The number of hydrogen-bond donors (Lipinski definition) is 1. The highest BCUT2D eigenvalue weighted by Gasteiger charge is 2.39. The molecule has 0 saturated carbocycles. The third-order valence-electron chi connectivity index (χ3n) is 4.44. The third kappa shape index (κ3) is 3.09. The van der Waals surface area contributed by atoms with E-state index in [0.29, 0.717) is 34.5 Å². The molecule has 1 aromatic heterocycles. The Morgan fingerprint density at radius 3 is 2.48 bits per heavy atom. The Labute approximate surface area is 154 Å². The van der Waals surface area contributed by atoms with E-state index in [9.17, 15) is 14.7 Å². The lowest BCUT2D eigenvalue weighted by Crippen LogP contribution is -2.38. The van der Waals surface area contributed by atoms with Gasteiger partial charge in [-0.05, 0) is 32.4 Å². The molecule has 2 heterocycles. The highest BCUT2D eigenvalue weighted by Crippen LogP contribution is 2.29. The van der Waals surface area contributed by atoms with Gasteiger partial charge in [-0.15, -0.1) is 5.10 Å². The first-order chi connectivity index (χ1) is 11.8. The van der Waals surface area contributed by atoms with Gasteiger partial charge in [-0.2, -0.15) is 0 Å². The van der Waals surface area contributed by atoms with Gasteiger partial charge < -0.3 is 10.0 Å². The maximum atomic E-state index is 12.7. The number of amides is 1. The fraction of sp³-hybridized carbons (Fsp3) is 0.375. The van der Waals surface area contributed by atoms with Gasteiger partial charge >= 0.3 is 5.97 Å². The zero-order chi connectivity index (χ0) is 18.3. The smallest absolute Gasteiger partial charge is 0.308 e. The molecule has 0 radical (unpaired) electrons. The van der Waals surface area contributed by atoms with Gasteiger partial charge in [0.15, 0.2) is 0 Å². The number of nitrogens with zero attached hydrogens (tertiary/aromatic N) is 4. The topological polar surface area (TPSA) is 88.3 Å². The number of halogens is 2. The maximum Gasteiger partial charge on any atom is 0.308 e. The number of carboxylic acids is 1. The molecule has 1 aromatic carbocycles. The summed E-state index contributed by atoms with van der Waals surface area (Å²) >= 11 is 12.4. The van der Waals surface area contributed by atoms with Gasteiger partial charge in [-0.1, -0.05) is 29.3 Å². The van der Waals surface area contributed by atoms with Gasteiger partial charge in [0.25, 0.3) is 5.91 Å². The van der Waals surface area contributed by atoms with E-state index in [-0.39, 0.29) is 5.82 Å². The summed E-state index contributed by atoms with van der Waals surface area (Å²) in [5.74, 6) is -1.43. The molecule has 0 aliphatic carbocycles. The Morgan fingerprint density at radius 2 is 1.92 bits per heavy atom. The predicted octanol–water partition coefficient (Wildman–Crippen LogP) is 2.82. The summed E-state index contributed by atoms with van der Waals surface area (Å²) in [4.78, 5) is 29.7. The van der Waals surface area contributed by atoms with Crippen LogP contribution in [0, 0.1) is 12.8 Å². The van der Waals surface area contributed by atoms with E-state index in [0.717, 1.165) is 0 Å². The average Bonchev–Trinajstić information content (AvgIpc) is 3.10. The molecule has 1 N–H and O–H groups in total. The molecule has 7 nitrogen and oxygen atoms in total. The van der Waals surface area contributed by atoms with E-state index in [2.05, 4.69) is 10.1 Å². The molecule has 132 valence electrons. The first kappa shape index (κ1) is 17.7. The quantitative estimate of drug-likeness (QED) is 0.881. The van der Waals surface area contributed by atoms with Crippen LogP contribution < -0.4 is 0 Å². The van der Waals surface area contributed by atoms with E-state index in [1.54, 1.807) is 32.0 Å². The number of aromatic nitrogens is 3. The number of likely N-dealkylation sites (tertiary alicyclic amines) is 1. The van der Waals surface area contributed by atoms with Gasteiger partial charge in [0.05, 0.1) is 16.0 Å². The Balaban J connectivity index is 1.93. The summed E-state index contributed by atoms with van der Waals surface area (Å²) in [5.41, 5.74) is 0.452. The molecule has 2 aromatic rings. The molecule has 0 bridgehead atoms. The van der Waals surface area contributed by atoms with Crippen LogP contribution in [0.4, 0.5) is 0 Å². The minimum absolute atomic E-state index is 0.00799. The number of carbonyl (C=O) groups is 2. The fourth-order valence-electron chi connectivity index (χ4n) is 3.07. The summed E-state index contributed by atoms with van der Waals surface area (Å²) in [6, 6.07) is 4.64. The second-order valence-corrected chi connectivity index (χ2v) is 6.75. The minimum atomic E-state index is -0.902. The number of carboxylic acid groups (broad SMARTS) is 1. The van der Waals surface area contributed by atoms with Crippen LogP contribution in [0.1, 0.15) is 29.8 Å². The van der Waals surface area contributed by atoms with E-state index in [1.807, 2.05) is 0 Å². The van der Waals surface area contributed by atoms with Crippen molar-refractivity contribution < 1.29 is 14.7 Å². The van der Waals surface area contributed by atoms with Gasteiger partial charge in [-0.3, -0.25) is 9.59 Å².